The summed E-state index contributed by atoms with van der Waals surface area (Å²) in [5.41, 5.74) is 5.77. The molecular weight excluding hydrogens is 374 g/mol. The SMILES string of the molecule is CC(=O)N1c2ccc(-c3ccc(CCC(=O)NCCN(C)C)cc3)cc2CC[C@@H]1C. The molecule has 5 nitrogen and oxygen atoms in total. The molecule has 1 aliphatic heterocycles. The topological polar surface area (TPSA) is 52.7 Å². The molecule has 0 aliphatic carbocycles. The molecule has 0 bridgehead atoms. The number of nitrogens with one attached hydrogen (secondary N) is 1. The number of rotatable bonds is 7. The van der Waals surface area contributed by atoms with Crippen LogP contribution in [0, 0.1) is 0 Å². The van der Waals surface area contributed by atoms with Crippen molar-refractivity contribution in [3.8, 4) is 11.1 Å². The maximum atomic E-state index is 12.1. The fraction of sp³-hybridized carbons (Fsp3) is 0.440. The van der Waals surface area contributed by atoms with Gasteiger partial charge in [-0.05, 0) is 74.7 Å². The molecule has 0 spiro atoms. The zero-order valence-electron chi connectivity index (χ0n) is 18.6. The van der Waals surface area contributed by atoms with Crippen LogP contribution in [0.15, 0.2) is 42.5 Å². The summed E-state index contributed by atoms with van der Waals surface area (Å²) in [7, 11) is 3.99. The van der Waals surface area contributed by atoms with Crippen LogP contribution < -0.4 is 10.2 Å². The third-order valence-corrected chi connectivity index (χ3v) is 5.76. The summed E-state index contributed by atoms with van der Waals surface area (Å²) >= 11 is 0. The third kappa shape index (κ3) is 5.48. The summed E-state index contributed by atoms with van der Waals surface area (Å²) in [6.45, 7) is 5.29. The Hall–Kier alpha value is -2.66. The van der Waals surface area contributed by atoms with Crippen LogP contribution in [0.3, 0.4) is 0 Å². The average molecular weight is 408 g/mol. The Morgan fingerprint density at radius 2 is 1.80 bits per heavy atom. The standard InChI is InChI=1S/C25H33N3O2/c1-18-5-9-23-17-22(12-13-24(23)28(18)19(2)29)21-10-6-20(7-11-21)8-14-25(30)26-15-16-27(3)4/h6-7,10-13,17-18H,5,8-9,14-16H2,1-4H3,(H,26,30)/t18-/m0/s1. The second kappa shape index (κ2) is 9.90. The second-order valence-electron chi connectivity index (χ2n) is 8.47. The summed E-state index contributed by atoms with van der Waals surface area (Å²) < 4.78 is 0. The number of aryl methyl sites for hydroxylation is 2. The summed E-state index contributed by atoms with van der Waals surface area (Å²) in [6.07, 6.45) is 3.23. The van der Waals surface area contributed by atoms with E-state index < -0.39 is 0 Å². The Bertz CT molecular complexity index is 890. The van der Waals surface area contributed by atoms with E-state index in [9.17, 15) is 9.59 Å². The van der Waals surface area contributed by atoms with Gasteiger partial charge < -0.3 is 15.1 Å². The highest BCUT2D eigenvalue weighted by molar-refractivity contribution is 5.94. The molecule has 0 fully saturated rings. The molecule has 1 heterocycles. The number of likely N-dealkylation sites (N-methyl/N-ethyl adjacent to an activating group) is 1. The van der Waals surface area contributed by atoms with E-state index in [2.05, 4.69) is 59.6 Å². The lowest BCUT2D eigenvalue weighted by atomic mass is 9.92. The molecule has 0 saturated carbocycles. The van der Waals surface area contributed by atoms with Gasteiger partial charge in [0.2, 0.25) is 11.8 Å². The van der Waals surface area contributed by atoms with Gasteiger partial charge in [-0.3, -0.25) is 9.59 Å². The van der Waals surface area contributed by atoms with Crippen LogP contribution in [0.1, 0.15) is 37.8 Å². The smallest absolute Gasteiger partial charge is 0.224 e. The number of benzene rings is 2. The Balaban J connectivity index is 1.63. The van der Waals surface area contributed by atoms with Crippen molar-refractivity contribution in [2.45, 2.75) is 45.6 Å². The first kappa shape index (κ1) is 22.0. The van der Waals surface area contributed by atoms with E-state index in [1.165, 1.54) is 11.1 Å². The van der Waals surface area contributed by atoms with E-state index in [0.717, 1.165) is 42.6 Å². The van der Waals surface area contributed by atoms with Gasteiger partial charge in [0.25, 0.3) is 0 Å². The molecule has 3 rings (SSSR count). The summed E-state index contributed by atoms with van der Waals surface area (Å²) in [5, 5.41) is 2.96. The molecular formula is C25H33N3O2. The lowest BCUT2D eigenvalue weighted by molar-refractivity contribution is -0.121. The highest BCUT2D eigenvalue weighted by Crippen LogP contribution is 2.34. The first-order chi connectivity index (χ1) is 14.3. The van der Waals surface area contributed by atoms with Crippen molar-refractivity contribution >= 4 is 17.5 Å². The van der Waals surface area contributed by atoms with Crippen molar-refractivity contribution in [1.29, 1.82) is 0 Å². The summed E-state index contributed by atoms with van der Waals surface area (Å²) in [6, 6.07) is 15.1. The van der Waals surface area contributed by atoms with E-state index in [1.807, 2.05) is 19.0 Å². The van der Waals surface area contributed by atoms with Crippen LogP contribution in [0.25, 0.3) is 11.1 Å². The average Bonchev–Trinajstić information content (AvgIpc) is 2.71. The first-order valence-corrected chi connectivity index (χ1v) is 10.8. The van der Waals surface area contributed by atoms with Gasteiger partial charge in [-0.15, -0.1) is 0 Å². The number of nitrogens with zero attached hydrogens (tertiary/aromatic N) is 2. The molecule has 1 N–H and O–H groups in total. The molecule has 160 valence electrons. The minimum absolute atomic E-state index is 0.0971. The van der Waals surface area contributed by atoms with Crippen LogP contribution in [0.2, 0.25) is 0 Å². The molecule has 5 heteroatoms. The molecule has 1 atom stereocenters. The predicted molar refractivity (Wildman–Crippen MR) is 123 cm³/mol. The normalized spacial score (nSPS) is 15.8. The maximum Gasteiger partial charge on any atom is 0.224 e. The van der Waals surface area contributed by atoms with Gasteiger partial charge in [-0.25, -0.2) is 0 Å². The van der Waals surface area contributed by atoms with Gasteiger partial charge in [0.1, 0.15) is 0 Å². The van der Waals surface area contributed by atoms with Crippen molar-refractivity contribution < 1.29 is 9.59 Å². The monoisotopic (exact) mass is 407 g/mol. The van der Waals surface area contributed by atoms with Crippen LogP contribution in [-0.4, -0.2) is 49.9 Å². The number of fused-ring (bicyclic) bond motifs is 1. The quantitative estimate of drug-likeness (QED) is 0.762. The van der Waals surface area contributed by atoms with Crippen LogP contribution in [0.4, 0.5) is 5.69 Å². The number of amides is 2. The Labute approximate surface area is 180 Å². The molecule has 0 unspecified atom stereocenters. The highest BCUT2D eigenvalue weighted by Gasteiger charge is 2.26. The Morgan fingerprint density at radius 1 is 1.10 bits per heavy atom. The Morgan fingerprint density at radius 3 is 2.47 bits per heavy atom. The zero-order chi connectivity index (χ0) is 21.7. The van der Waals surface area contributed by atoms with E-state index in [4.69, 9.17) is 0 Å². The van der Waals surface area contributed by atoms with Gasteiger partial charge in [0.05, 0.1) is 0 Å². The minimum atomic E-state index is 0.0971. The van der Waals surface area contributed by atoms with Gasteiger partial charge in [0.15, 0.2) is 0 Å². The largest absolute Gasteiger partial charge is 0.355 e. The molecule has 2 amide bonds. The van der Waals surface area contributed by atoms with Crippen molar-refractivity contribution in [3.05, 3.63) is 53.6 Å². The fourth-order valence-corrected chi connectivity index (χ4v) is 4.04. The summed E-state index contributed by atoms with van der Waals surface area (Å²) in [5.74, 6) is 0.200. The number of hydrogen-bond acceptors (Lipinski definition) is 3. The fourth-order valence-electron chi connectivity index (χ4n) is 4.04. The minimum Gasteiger partial charge on any atom is -0.355 e. The van der Waals surface area contributed by atoms with Gasteiger partial charge in [-0.2, -0.15) is 0 Å². The van der Waals surface area contributed by atoms with Crippen molar-refractivity contribution in [3.63, 3.8) is 0 Å². The molecule has 0 saturated heterocycles. The van der Waals surface area contributed by atoms with Crippen LogP contribution >= 0.6 is 0 Å². The van der Waals surface area contributed by atoms with E-state index in [1.54, 1.807) is 6.92 Å². The molecule has 1 aliphatic rings. The second-order valence-corrected chi connectivity index (χ2v) is 8.47. The zero-order valence-corrected chi connectivity index (χ0v) is 18.6. The van der Waals surface area contributed by atoms with E-state index in [-0.39, 0.29) is 17.9 Å². The molecule has 30 heavy (non-hydrogen) atoms. The molecule has 2 aromatic rings. The van der Waals surface area contributed by atoms with Crippen molar-refractivity contribution in [1.82, 2.24) is 10.2 Å². The number of hydrogen-bond donors (Lipinski definition) is 1. The van der Waals surface area contributed by atoms with Crippen molar-refractivity contribution in [2.24, 2.45) is 0 Å². The number of anilines is 1. The lowest BCUT2D eigenvalue weighted by Crippen LogP contribution is -2.40. The summed E-state index contributed by atoms with van der Waals surface area (Å²) in [4.78, 5) is 28.0. The maximum absolute atomic E-state index is 12.1. The predicted octanol–water partition coefficient (Wildman–Crippen LogP) is 3.65. The third-order valence-electron chi connectivity index (χ3n) is 5.76. The highest BCUT2D eigenvalue weighted by atomic mass is 16.2. The first-order valence-electron chi connectivity index (χ1n) is 10.8. The lowest BCUT2D eigenvalue weighted by Gasteiger charge is -2.34. The van der Waals surface area contributed by atoms with Crippen molar-refractivity contribution in [2.75, 3.05) is 32.1 Å². The molecule has 0 aromatic heterocycles. The number of carbonyl (C=O) groups is 2. The number of carbonyl (C=O) groups excluding carboxylic acids is 2. The van der Waals surface area contributed by atoms with Gasteiger partial charge >= 0.3 is 0 Å². The van der Waals surface area contributed by atoms with Gasteiger partial charge in [0, 0.05) is 38.2 Å². The Kier molecular flexibility index (Phi) is 7.27. The van der Waals surface area contributed by atoms with Gasteiger partial charge in [-0.1, -0.05) is 30.3 Å². The molecule has 0 radical (unpaired) electrons. The van der Waals surface area contributed by atoms with Crippen LogP contribution in [-0.2, 0) is 22.4 Å². The molecule has 2 aromatic carbocycles. The van der Waals surface area contributed by atoms with Crippen LogP contribution in [0.5, 0.6) is 0 Å². The van der Waals surface area contributed by atoms with E-state index in [0.29, 0.717) is 13.0 Å². The van der Waals surface area contributed by atoms with E-state index >= 15 is 0 Å².